The van der Waals surface area contributed by atoms with Crippen LogP contribution in [0.15, 0.2) is 30.5 Å². The van der Waals surface area contributed by atoms with Crippen LogP contribution in [0.5, 0.6) is 0 Å². The molecule has 0 saturated heterocycles. The number of rotatable bonds is 1. The lowest BCUT2D eigenvalue weighted by molar-refractivity contribution is -0.636. The highest BCUT2D eigenvalue weighted by molar-refractivity contribution is 5.67. The summed E-state index contributed by atoms with van der Waals surface area (Å²) in [6.07, 6.45) is 1.08. The van der Waals surface area contributed by atoms with Crippen molar-refractivity contribution < 1.29 is 14.6 Å². The van der Waals surface area contributed by atoms with Crippen molar-refractivity contribution >= 4 is 11.0 Å². The van der Waals surface area contributed by atoms with Crippen LogP contribution in [0.3, 0.4) is 0 Å². The van der Waals surface area contributed by atoms with Crippen LogP contribution in [0.25, 0.3) is 11.0 Å². The van der Waals surface area contributed by atoms with Crippen molar-refractivity contribution in [2.24, 2.45) is 0 Å². The molecule has 0 atom stereocenters. The Kier molecular flexibility index (Phi) is 1.94. The number of para-hydroxylation sites is 2. The van der Waals surface area contributed by atoms with E-state index in [1.165, 1.54) is 6.07 Å². The lowest BCUT2D eigenvalue weighted by Crippen LogP contribution is -2.41. The minimum Gasteiger partial charge on any atom is -0.618 e. The predicted octanol–water partition coefficient (Wildman–Crippen LogP) is -0.401. The van der Waals surface area contributed by atoms with E-state index >= 15 is 0 Å². The van der Waals surface area contributed by atoms with Crippen molar-refractivity contribution in [3.8, 4) is 0 Å². The second-order valence-electron chi connectivity index (χ2n) is 2.89. The maximum absolute atomic E-state index is 11.5. The van der Waals surface area contributed by atoms with Crippen molar-refractivity contribution in [2.75, 3.05) is 0 Å². The summed E-state index contributed by atoms with van der Waals surface area (Å²) in [7, 11) is 0. The lowest BCUT2D eigenvalue weighted by Gasteiger charge is -2.05. The van der Waals surface area contributed by atoms with E-state index in [9.17, 15) is 10.4 Å². The smallest absolute Gasteiger partial charge is 0.290 e. The van der Waals surface area contributed by atoms with Crippen molar-refractivity contribution in [3.05, 3.63) is 46.6 Å². The fourth-order valence-corrected chi connectivity index (χ4v) is 1.34. The van der Waals surface area contributed by atoms with E-state index in [4.69, 9.17) is 5.11 Å². The molecule has 2 rings (SSSR count). The van der Waals surface area contributed by atoms with Gasteiger partial charge in [-0.05, 0) is 0 Å². The van der Waals surface area contributed by atoms with Crippen LogP contribution >= 0.6 is 0 Å². The van der Waals surface area contributed by atoms with Crippen molar-refractivity contribution in [1.29, 1.82) is 0 Å². The normalized spacial score (nSPS) is 10.6. The molecule has 0 bridgehead atoms. The molecule has 0 saturated carbocycles. The number of aliphatic hydroxyl groups excluding tert-OH is 1. The molecule has 1 aromatic carbocycles. The molecule has 0 spiro atoms. The zero-order valence-corrected chi connectivity index (χ0v) is 7.25. The number of aliphatic hydroxyl groups is 1. The molecule has 5 nitrogen and oxygen atoms in total. The first-order valence-electron chi connectivity index (χ1n) is 4.08. The van der Waals surface area contributed by atoms with Gasteiger partial charge in [-0.2, -0.15) is 9.46 Å². The van der Waals surface area contributed by atoms with Crippen molar-refractivity contribution in [2.45, 2.75) is 6.61 Å². The first-order chi connectivity index (χ1) is 6.74. The molecule has 0 aliphatic rings. The predicted molar refractivity (Wildman–Crippen MR) is 47.8 cm³/mol. The van der Waals surface area contributed by atoms with Gasteiger partial charge in [0.1, 0.15) is 6.61 Å². The third-order valence-corrected chi connectivity index (χ3v) is 2.03. The molecule has 0 amide bonds. The van der Waals surface area contributed by atoms with Gasteiger partial charge in [0.15, 0.2) is 0 Å². The van der Waals surface area contributed by atoms with E-state index in [-0.39, 0.29) is 11.2 Å². The summed E-state index contributed by atoms with van der Waals surface area (Å²) in [5.74, 6) is 0. The average molecular weight is 192 g/mol. The minimum absolute atomic E-state index is 0.0405. The van der Waals surface area contributed by atoms with Crippen molar-refractivity contribution in [3.63, 3.8) is 0 Å². The molecule has 0 unspecified atom stereocenters. The molecule has 0 radical (unpaired) electrons. The second kappa shape index (κ2) is 3.12. The van der Waals surface area contributed by atoms with E-state index in [0.717, 1.165) is 6.20 Å². The number of aromatic nitrogens is 2. The maximum atomic E-state index is 11.5. The molecule has 0 aliphatic heterocycles. The topological polar surface area (TPSA) is 74.1 Å². The Labute approximate surface area is 79.6 Å². The Bertz CT molecular complexity index is 485. The third kappa shape index (κ3) is 1.14. The maximum Gasteiger partial charge on any atom is 0.290 e. The Morgan fingerprint density at radius 2 is 1.79 bits per heavy atom. The van der Waals surface area contributed by atoms with Crippen LogP contribution in [0.1, 0.15) is 5.69 Å². The fourth-order valence-electron chi connectivity index (χ4n) is 1.34. The number of hydrogen-bond acceptors (Lipinski definition) is 3. The molecule has 0 aliphatic carbocycles. The van der Waals surface area contributed by atoms with Gasteiger partial charge in [0.05, 0.1) is 0 Å². The number of benzene rings is 1. The van der Waals surface area contributed by atoms with E-state index in [2.05, 4.69) is 0 Å². The van der Waals surface area contributed by atoms with Gasteiger partial charge < -0.3 is 15.5 Å². The second-order valence-corrected chi connectivity index (χ2v) is 2.89. The van der Waals surface area contributed by atoms with Crippen LogP contribution in [-0.2, 0) is 6.61 Å². The third-order valence-electron chi connectivity index (χ3n) is 2.03. The number of fused-ring (bicyclic) bond motifs is 1. The quantitative estimate of drug-likeness (QED) is 0.493. The Hall–Kier alpha value is -1.88. The molecular weight excluding hydrogens is 184 g/mol. The summed E-state index contributed by atoms with van der Waals surface area (Å²) in [5, 5.41) is 31.7. The zero-order valence-electron chi connectivity index (χ0n) is 7.25. The minimum atomic E-state index is -0.448. The van der Waals surface area contributed by atoms with Gasteiger partial charge in [0.25, 0.3) is 22.9 Å². The van der Waals surface area contributed by atoms with E-state index in [1.807, 2.05) is 0 Å². The highest BCUT2D eigenvalue weighted by Crippen LogP contribution is 2.04. The lowest BCUT2D eigenvalue weighted by atomic mass is 10.3. The molecule has 0 fully saturated rings. The fraction of sp³-hybridized carbons (Fsp3) is 0.111. The summed E-state index contributed by atoms with van der Waals surface area (Å²) in [6.45, 7) is -0.448. The summed E-state index contributed by atoms with van der Waals surface area (Å²) in [4.78, 5) is 0. The van der Waals surface area contributed by atoms with Gasteiger partial charge in [-0.1, -0.05) is 12.1 Å². The van der Waals surface area contributed by atoms with E-state index in [1.54, 1.807) is 18.2 Å². The number of hydrogen-bond donors (Lipinski definition) is 1. The molecule has 1 N–H and O–H groups in total. The van der Waals surface area contributed by atoms with Crippen LogP contribution < -0.4 is 9.46 Å². The molecule has 72 valence electrons. The molecule has 2 aromatic rings. The Morgan fingerprint density at radius 1 is 1.14 bits per heavy atom. The first-order valence-corrected chi connectivity index (χ1v) is 4.08. The summed E-state index contributed by atoms with van der Waals surface area (Å²) < 4.78 is 1.14. The molecule has 5 heteroatoms. The van der Waals surface area contributed by atoms with E-state index in [0.29, 0.717) is 15.0 Å². The van der Waals surface area contributed by atoms with Crippen molar-refractivity contribution in [1.82, 2.24) is 0 Å². The van der Waals surface area contributed by atoms with Crippen LogP contribution in [0, 0.1) is 10.4 Å². The van der Waals surface area contributed by atoms with Gasteiger partial charge in [-0.15, -0.1) is 0 Å². The summed E-state index contributed by atoms with van der Waals surface area (Å²) >= 11 is 0. The highest BCUT2D eigenvalue weighted by Gasteiger charge is 2.17. The number of nitrogens with zero attached hydrogens (tertiary/aromatic N) is 2. The van der Waals surface area contributed by atoms with Crippen LogP contribution in [0.4, 0.5) is 0 Å². The van der Waals surface area contributed by atoms with Gasteiger partial charge in [0, 0.05) is 12.1 Å². The SMILES string of the molecule is [O-][n+]1cc(CO)[n+]([O-])c2ccccc21. The van der Waals surface area contributed by atoms with Gasteiger partial charge >= 0.3 is 0 Å². The van der Waals surface area contributed by atoms with Crippen LogP contribution in [-0.4, -0.2) is 5.11 Å². The highest BCUT2D eigenvalue weighted by atomic mass is 16.5. The van der Waals surface area contributed by atoms with E-state index < -0.39 is 6.61 Å². The zero-order chi connectivity index (χ0) is 10.1. The largest absolute Gasteiger partial charge is 0.618 e. The average Bonchev–Trinajstić information content (AvgIpc) is 2.23. The van der Waals surface area contributed by atoms with Gasteiger partial charge in [-0.3, -0.25) is 0 Å². The monoisotopic (exact) mass is 192 g/mol. The summed E-state index contributed by atoms with van der Waals surface area (Å²) in [5.41, 5.74) is 0.590. The van der Waals surface area contributed by atoms with Gasteiger partial charge in [-0.25, -0.2) is 0 Å². The standard InChI is InChI=1S/C9H8N2O3/c12-6-7-5-10(13)8-3-1-2-4-9(8)11(7)14/h1-5,12H,6H2. The summed E-state index contributed by atoms with van der Waals surface area (Å²) in [6, 6.07) is 6.43. The Balaban J connectivity index is 2.87. The first kappa shape index (κ1) is 8.71. The molecular formula is C9H8N2O3. The van der Waals surface area contributed by atoms with Gasteiger partial charge in [0.2, 0.25) is 0 Å². The Morgan fingerprint density at radius 3 is 2.43 bits per heavy atom. The molecule has 14 heavy (non-hydrogen) atoms. The molecule has 1 heterocycles. The van der Waals surface area contributed by atoms with Crippen LogP contribution in [0.2, 0.25) is 0 Å². The molecule has 1 aromatic heterocycles.